The van der Waals surface area contributed by atoms with Gasteiger partial charge in [0.2, 0.25) is 0 Å². The first-order chi connectivity index (χ1) is 8.87. The van der Waals surface area contributed by atoms with Crippen LogP contribution in [0.3, 0.4) is 0 Å². The summed E-state index contributed by atoms with van der Waals surface area (Å²) < 4.78 is 5.39. The van der Waals surface area contributed by atoms with Gasteiger partial charge in [0, 0.05) is 25.0 Å². The van der Waals surface area contributed by atoms with Crippen LogP contribution in [0.5, 0.6) is 0 Å². The zero-order valence-corrected chi connectivity index (χ0v) is 11.8. The third-order valence-corrected chi connectivity index (χ3v) is 3.24. The van der Waals surface area contributed by atoms with Gasteiger partial charge in [-0.3, -0.25) is 0 Å². The molecule has 0 saturated carbocycles. The first-order valence-corrected chi connectivity index (χ1v) is 6.65. The van der Waals surface area contributed by atoms with Gasteiger partial charge in [-0.25, -0.2) is 4.79 Å². The van der Waals surface area contributed by atoms with Crippen molar-refractivity contribution in [3.8, 4) is 0 Å². The summed E-state index contributed by atoms with van der Waals surface area (Å²) in [4.78, 5) is 13.7. The van der Waals surface area contributed by atoms with Gasteiger partial charge in [-0.15, -0.1) is 0 Å². The minimum atomic E-state index is -0.466. The van der Waals surface area contributed by atoms with Crippen LogP contribution < -0.4 is 5.73 Å². The van der Waals surface area contributed by atoms with Crippen LogP contribution >= 0.6 is 0 Å². The van der Waals surface area contributed by atoms with Crippen LogP contribution in [0.1, 0.15) is 32.3 Å². The molecule has 2 atom stereocenters. The Labute approximate surface area is 114 Å². The molecule has 1 aliphatic rings. The smallest absolute Gasteiger partial charge is 0.410 e. The number of amides is 1. The molecule has 4 nitrogen and oxygen atoms in total. The summed E-state index contributed by atoms with van der Waals surface area (Å²) >= 11 is 0. The molecule has 19 heavy (non-hydrogen) atoms. The van der Waals surface area contributed by atoms with Crippen molar-refractivity contribution >= 4 is 6.09 Å². The molecule has 0 aliphatic carbocycles. The number of nitrogens with two attached hydrogens (primary N) is 1. The molecule has 1 heterocycles. The summed E-state index contributed by atoms with van der Waals surface area (Å²) in [5.74, 6) is 0.189. The Bertz CT molecular complexity index is 439. The maximum Gasteiger partial charge on any atom is 0.410 e. The standard InChI is InChI=1S/C15H22N2O2/c1-15(2,3)19-14(18)17-9-12(13(16)10-17)11-7-5-4-6-8-11/h4-8,12-13H,9-10,16H2,1-3H3/t12-,13-/m0/s1. The lowest BCUT2D eigenvalue weighted by Gasteiger charge is -2.24. The average molecular weight is 262 g/mol. The van der Waals surface area contributed by atoms with Crippen molar-refractivity contribution in [1.29, 1.82) is 0 Å². The van der Waals surface area contributed by atoms with E-state index < -0.39 is 5.60 Å². The van der Waals surface area contributed by atoms with Gasteiger partial charge in [0.15, 0.2) is 0 Å². The Morgan fingerprint density at radius 3 is 2.47 bits per heavy atom. The molecular weight excluding hydrogens is 240 g/mol. The predicted molar refractivity (Wildman–Crippen MR) is 75.0 cm³/mol. The maximum atomic E-state index is 12.0. The lowest BCUT2D eigenvalue weighted by atomic mass is 9.95. The van der Waals surface area contributed by atoms with Crippen molar-refractivity contribution in [2.45, 2.75) is 38.3 Å². The van der Waals surface area contributed by atoms with E-state index in [4.69, 9.17) is 10.5 Å². The van der Waals surface area contributed by atoms with E-state index in [1.165, 1.54) is 5.56 Å². The summed E-state index contributed by atoms with van der Waals surface area (Å²) in [5.41, 5.74) is 6.87. The Balaban J connectivity index is 2.04. The van der Waals surface area contributed by atoms with E-state index in [9.17, 15) is 4.79 Å². The number of nitrogens with zero attached hydrogens (tertiary/aromatic N) is 1. The van der Waals surface area contributed by atoms with Gasteiger partial charge in [0.1, 0.15) is 5.60 Å². The number of benzene rings is 1. The molecule has 0 bridgehead atoms. The Morgan fingerprint density at radius 1 is 1.26 bits per heavy atom. The SMILES string of the molecule is CC(C)(C)OC(=O)N1C[C@H](N)[C@H](c2ccccc2)C1. The fourth-order valence-electron chi connectivity index (χ4n) is 2.36. The monoisotopic (exact) mass is 262 g/mol. The number of carbonyl (C=O) groups is 1. The molecule has 1 fully saturated rings. The lowest BCUT2D eigenvalue weighted by Crippen LogP contribution is -2.36. The highest BCUT2D eigenvalue weighted by Gasteiger charge is 2.35. The van der Waals surface area contributed by atoms with Crippen LogP contribution in [0, 0.1) is 0 Å². The van der Waals surface area contributed by atoms with Crippen molar-refractivity contribution < 1.29 is 9.53 Å². The van der Waals surface area contributed by atoms with Crippen molar-refractivity contribution in [1.82, 2.24) is 4.90 Å². The summed E-state index contributed by atoms with van der Waals surface area (Å²) in [7, 11) is 0. The van der Waals surface area contributed by atoms with Gasteiger partial charge >= 0.3 is 6.09 Å². The number of hydrogen-bond acceptors (Lipinski definition) is 3. The molecule has 1 amide bonds. The second-order valence-corrected chi connectivity index (χ2v) is 6.07. The highest BCUT2D eigenvalue weighted by atomic mass is 16.6. The minimum Gasteiger partial charge on any atom is -0.444 e. The largest absolute Gasteiger partial charge is 0.444 e. The molecule has 1 aliphatic heterocycles. The summed E-state index contributed by atoms with van der Waals surface area (Å²) in [5, 5.41) is 0. The van der Waals surface area contributed by atoms with Crippen molar-refractivity contribution in [2.24, 2.45) is 5.73 Å². The summed E-state index contributed by atoms with van der Waals surface area (Å²) in [6.07, 6.45) is -0.276. The summed E-state index contributed by atoms with van der Waals surface area (Å²) in [6, 6.07) is 10.1. The van der Waals surface area contributed by atoms with Crippen LogP contribution in [-0.4, -0.2) is 35.7 Å². The molecule has 4 heteroatoms. The fourth-order valence-corrected chi connectivity index (χ4v) is 2.36. The van der Waals surface area contributed by atoms with E-state index >= 15 is 0 Å². The number of rotatable bonds is 1. The molecule has 2 N–H and O–H groups in total. The van der Waals surface area contributed by atoms with Gasteiger partial charge in [0.25, 0.3) is 0 Å². The van der Waals surface area contributed by atoms with Crippen molar-refractivity contribution in [2.75, 3.05) is 13.1 Å². The first kappa shape index (κ1) is 13.9. The highest BCUT2D eigenvalue weighted by Crippen LogP contribution is 2.27. The maximum absolute atomic E-state index is 12.0. The topological polar surface area (TPSA) is 55.6 Å². The highest BCUT2D eigenvalue weighted by molar-refractivity contribution is 5.69. The molecule has 0 spiro atoms. The van der Waals surface area contributed by atoms with Gasteiger partial charge in [-0.1, -0.05) is 30.3 Å². The number of ether oxygens (including phenoxy) is 1. The van der Waals surface area contributed by atoms with Crippen molar-refractivity contribution in [3.63, 3.8) is 0 Å². The van der Waals surface area contributed by atoms with Gasteiger partial charge in [-0.05, 0) is 26.3 Å². The van der Waals surface area contributed by atoms with E-state index in [1.807, 2.05) is 39.0 Å². The third-order valence-electron chi connectivity index (χ3n) is 3.24. The van der Waals surface area contributed by atoms with Gasteiger partial charge in [0.05, 0.1) is 0 Å². The molecular formula is C15H22N2O2. The van der Waals surface area contributed by atoms with Gasteiger partial charge in [-0.2, -0.15) is 0 Å². The molecule has 0 radical (unpaired) electrons. The Kier molecular flexibility index (Phi) is 3.80. The van der Waals surface area contributed by atoms with Crippen LogP contribution in [-0.2, 0) is 4.74 Å². The first-order valence-electron chi connectivity index (χ1n) is 6.65. The second kappa shape index (κ2) is 5.21. The molecule has 1 saturated heterocycles. The fraction of sp³-hybridized carbons (Fsp3) is 0.533. The average Bonchev–Trinajstić information content (AvgIpc) is 2.70. The third kappa shape index (κ3) is 3.47. The quantitative estimate of drug-likeness (QED) is 0.845. The van der Waals surface area contributed by atoms with E-state index in [0.29, 0.717) is 13.1 Å². The van der Waals surface area contributed by atoms with Crippen LogP contribution in [0.2, 0.25) is 0 Å². The number of hydrogen-bond donors (Lipinski definition) is 1. The Hall–Kier alpha value is -1.55. The molecule has 104 valence electrons. The van der Waals surface area contributed by atoms with E-state index in [0.717, 1.165) is 0 Å². The predicted octanol–water partition coefficient (Wildman–Crippen LogP) is 2.35. The molecule has 1 aromatic rings. The zero-order chi connectivity index (χ0) is 14.0. The van der Waals surface area contributed by atoms with E-state index in [2.05, 4.69) is 12.1 Å². The van der Waals surface area contributed by atoms with Crippen LogP contribution in [0.15, 0.2) is 30.3 Å². The van der Waals surface area contributed by atoms with E-state index in [1.54, 1.807) is 4.90 Å². The van der Waals surface area contributed by atoms with Crippen LogP contribution in [0.4, 0.5) is 4.79 Å². The second-order valence-electron chi connectivity index (χ2n) is 6.07. The zero-order valence-electron chi connectivity index (χ0n) is 11.8. The summed E-state index contributed by atoms with van der Waals surface area (Å²) in [6.45, 7) is 6.79. The van der Waals surface area contributed by atoms with Crippen LogP contribution in [0.25, 0.3) is 0 Å². The number of carbonyl (C=O) groups excluding carboxylic acids is 1. The van der Waals surface area contributed by atoms with E-state index in [-0.39, 0.29) is 18.1 Å². The molecule has 2 rings (SSSR count). The normalized spacial score (nSPS) is 23.5. The number of likely N-dealkylation sites (tertiary alicyclic amines) is 1. The Morgan fingerprint density at radius 2 is 1.89 bits per heavy atom. The lowest BCUT2D eigenvalue weighted by molar-refractivity contribution is 0.0290. The van der Waals surface area contributed by atoms with Gasteiger partial charge < -0.3 is 15.4 Å². The minimum absolute atomic E-state index is 0.0325. The van der Waals surface area contributed by atoms with Crippen molar-refractivity contribution in [3.05, 3.63) is 35.9 Å². The molecule has 0 aromatic heterocycles. The molecule has 1 aromatic carbocycles. The molecule has 0 unspecified atom stereocenters.